The lowest BCUT2D eigenvalue weighted by Gasteiger charge is -2.33. The summed E-state index contributed by atoms with van der Waals surface area (Å²) in [6.45, 7) is 5.07. The zero-order valence-electron chi connectivity index (χ0n) is 17.9. The molecule has 0 atom stereocenters. The van der Waals surface area contributed by atoms with Gasteiger partial charge in [-0.25, -0.2) is 0 Å². The molecule has 3 rings (SSSR count). The van der Waals surface area contributed by atoms with E-state index in [1.54, 1.807) is 20.3 Å². The number of ether oxygens (including phenoxy) is 2. The molecule has 1 fully saturated rings. The summed E-state index contributed by atoms with van der Waals surface area (Å²) >= 11 is 0. The molecule has 29 heavy (non-hydrogen) atoms. The van der Waals surface area contributed by atoms with Gasteiger partial charge in [0.25, 0.3) is 0 Å². The molecule has 0 aliphatic carbocycles. The second kappa shape index (κ2) is 10.5. The number of phenolic OH excluding ortho intramolecular Hbond substituents is 1. The first-order chi connectivity index (χ1) is 14.1. The van der Waals surface area contributed by atoms with Crippen molar-refractivity contribution in [2.45, 2.75) is 25.8 Å². The van der Waals surface area contributed by atoms with Crippen molar-refractivity contribution in [3.63, 3.8) is 0 Å². The predicted octanol–water partition coefficient (Wildman–Crippen LogP) is 3.80. The van der Waals surface area contributed by atoms with Crippen molar-refractivity contribution < 1.29 is 14.6 Å². The Hall–Kier alpha value is -2.24. The Morgan fingerprint density at radius 1 is 1.03 bits per heavy atom. The van der Waals surface area contributed by atoms with Gasteiger partial charge in [-0.2, -0.15) is 0 Å². The zero-order chi connectivity index (χ0) is 20.6. The smallest absolute Gasteiger partial charge is 0.162 e. The first kappa shape index (κ1) is 21.5. The van der Waals surface area contributed by atoms with Crippen molar-refractivity contribution in [2.75, 3.05) is 47.4 Å². The zero-order valence-corrected chi connectivity index (χ0v) is 17.9. The van der Waals surface area contributed by atoms with Crippen molar-refractivity contribution in [3.8, 4) is 17.2 Å². The Kier molecular flexibility index (Phi) is 7.78. The van der Waals surface area contributed by atoms with Crippen LogP contribution in [0.3, 0.4) is 0 Å². The summed E-state index contributed by atoms with van der Waals surface area (Å²) in [5.41, 5.74) is 2.22. The van der Waals surface area contributed by atoms with Crippen LogP contribution in [0.5, 0.6) is 17.2 Å². The van der Waals surface area contributed by atoms with E-state index >= 15 is 0 Å². The fourth-order valence-electron chi connectivity index (χ4n) is 4.03. The molecular weight excluding hydrogens is 364 g/mol. The van der Waals surface area contributed by atoms with Gasteiger partial charge < -0.3 is 19.5 Å². The summed E-state index contributed by atoms with van der Waals surface area (Å²) in [6, 6.07) is 14.1. The molecular formula is C24H34N2O3. The van der Waals surface area contributed by atoms with E-state index in [-0.39, 0.29) is 5.75 Å². The Balaban J connectivity index is 1.68. The quantitative estimate of drug-likeness (QED) is 0.696. The normalized spacial score (nSPS) is 15.6. The number of piperidine rings is 1. The number of hydrogen-bond donors (Lipinski definition) is 1. The van der Waals surface area contributed by atoms with Crippen molar-refractivity contribution in [3.05, 3.63) is 53.6 Å². The predicted molar refractivity (Wildman–Crippen MR) is 117 cm³/mol. The minimum atomic E-state index is 0.257. The highest BCUT2D eigenvalue weighted by Gasteiger charge is 2.21. The summed E-state index contributed by atoms with van der Waals surface area (Å²) in [5, 5.41) is 10.5. The van der Waals surface area contributed by atoms with Crippen molar-refractivity contribution >= 4 is 0 Å². The van der Waals surface area contributed by atoms with Crippen LogP contribution in [0.15, 0.2) is 42.5 Å². The molecule has 0 spiro atoms. The highest BCUT2D eigenvalue weighted by Crippen LogP contribution is 2.31. The number of methoxy groups -OCH3 is 2. The molecule has 0 bridgehead atoms. The largest absolute Gasteiger partial charge is 0.504 e. The van der Waals surface area contributed by atoms with E-state index in [0.29, 0.717) is 11.7 Å². The molecule has 0 aromatic heterocycles. The van der Waals surface area contributed by atoms with Crippen LogP contribution in [0.1, 0.15) is 24.0 Å². The minimum Gasteiger partial charge on any atom is -0.504 e. The number of hydrogen-bond acceptors (Lipinski definition) is 5. The van der Waals surface area contributed by atoms with Crippen LogP contribution >= 0.6 is 0 Å². The van der Waals surface area contributed by atoms with Gasteiger partial charge in [0, 0.05) is 25.2 Å². The summed E-state index contributed by atoms with van der Waals surface area (Å²) in [6.07, 6.45) is 3.45. The molecule has 0 radical (unpaired) electrons. The third-order valence-electron chi connectivity index (χ3n) is 5.93. The Morgan fingerprint density at radius 3 is 2.41 bits per heavy atom. The molecule has 5 nitrogen and oxygen atoms in total. The first-order valence-corrected chi connectivity index (χ1v) is 10.5. The van der Waals surface area contributed by atoms with Gasteiger partial charge in [0.2, 0.25) is 0 Å². The van der Waals surface area contributed by atoms with Crippen molar-refractivity contribution in [1.29, 1.82) is 0 Å². The maximum atomic E-state index is 10.5. The van der Waals surface area contributed by atoms with E-state index in [4.69, 9.17) is 9.47 Å². The number of likely N-dealkylation sites (tertiary alicyclic amines) is 1. The molecule has 0 unspecified atom stereocenters. The maximum Gasteiger partial charge on any atom is 0.162 e. The number of aromatic hydroxyl groups is 1. The fourth-order valence-corrected chi connectivity index (χ4v) is 4.03. The molecule has 2 aromatic carbocycles. The van der Waals surface area contributed by atoms with Crippen LogP contribution in [-0.2, 0) is 13.0 Å². The van der Waals surface area contributed by atoms with Gasteiger partial charge in [0.15, 0.2) is 11.5 Å². The number of phenols is 1. The Morgan fingerprint density at radius 2 is 1.76 bits per heavy atom. The van der Waals surface area contributed by atoms with Gasteiger partial charge in [-0.3, -0.25) is 4.90 Å². The Bertz CT molecular complexity index is 755. The van der Waals surface area contributed by atoms with Crippen LogP contribution in [0.25, 0.3) is 0 Å². The highest BCUT2D eigenvalue weighted by atomic mass is 16.5. The van der Waals surface area contributed by atoms with Gasteiger partial charge in [-0.15, -0.1) is 0 Å². The summed E-state index contributed by atoms with van der Waals surface area (Å²) in [7, 11) is 5.49. The molecule has 5 heteroatoms. The number of para-hydroxylation sites is 1. The summed E-state index contributed by atoms with van der Waals surface area (Å²) < 4.78 is 10.6. The topological polar surface area (TPSA) is 45.2 Å². The molecule has 1 aliphatic heterocycles. The average Bonchev–Trinajstić information content (AvgIpc) is 2.75. The van der Waals surface area contributed by atoms with Crippen LogP contribution in [0.4, 0.5) is 0 Å². The molecule has 158 valence electrons. The number of nitrogens with zero attached hydrogens (tertiary/aromatic N) is 2. The number of benzene rings is 2. The molecule has 1 aliphatic rings. The third-order valence-corrected chi connectivity index (χ3v) is 5.93. The monoisotopic (exact) mass is 398 g/mol. The molecule has 1 heterocycles. The van der Waals surface area contributed by atoms with Gasteiger partial charge in [-0.05, 0) is 69.1 Å². The van der Waals surface area contributed by atoms with E-state index in [2.05, 4.69) is 29.0 Å². The molecule has 1 N–H and O–H groups in total. The van der Waals surface area contributed by atoms with Crippen molar-refractivity contribution in [2.24, 2.45) is 5.92 Å². The molecule has 0 amide bonds. The van der Waals surface area contributed by atoms with E-state index in [1.807, 2.05) is 24.3 Å². The maximum absolute atomic E-state index is 10.5. The fraction of sp³-hybridized carbons (Fsp3) is 0.500. The van der Waals surface area contributed by atoms with Gasteiger partial charge in [-0.1, -0.05) is 24.3 Å². The van der Waals surface area contributed by atoms with Crippen LogP contribution in [0.2, 0.25) is 0 Å². The van der Waals surface area contributed by atoms with E-state index in [1.165, 1.54) is 31.5 Å². The van der Waals surface area contributed by atoms with Gasteiger partial charge in [0.05, 0.1) is 14.2 Å². The van der Waals surface area contributed by atoms with Crippen LogP contribution < -0.4 is 9.47 Å². The van der Waals surface area contributed by atoms with Crippen LogP contribution in [-0.4, -0.2) is 62.4 Å². The average molecular weight is 399 g/mol. The molecule has 2 aromatic rings. The van der Waals surface area contributed by atoms with E-state index in [9.17, 15) is 5.11 Å². The third kappa shape index (κ3) is 6.12. The second-order valence-electron chi connectivity index (χ2n) is 8.05. The summed E-state index contributed by atoms with van der Waals surface area (Å²) in [5.74, 6) is 2.39. The molecule has 1 saturated heterocycles. The standard InChI is InChI=1S/C24H34N2O3/c1-25-14-11-20(12-15-25)17-26(16-13-19-7-9-22(28-2)10-8-19)18-21-5-4-6-23(29-3)24(21)27/h4-10,20,27H,11-18H2,1-3H3. The number of rotatable bonds is 9. The molecule has 0 saturated carbocycles. The van der Waals surface area contributed by atoms with Crippen LogP contribution in [0, 0.1) is 5.92 Å². The lowest BCUT2D eigenvalue weighted by Crippen LogP contribution is -2.37. The van der Waals surface area contributed by atoms with Gasteiger partial charge in [0.1, 0.15) is 5.75 Å². The minimum absolute atomic E-state index is 0.257. The van der Waals surface area contributed by atoms with E-state index < -0.39 is 0 Å². The lowest BCUT2D eigenvalue weighted by molar-refractivity contribution is 0.156. The second-order valence-corrected chi connectivity index (χ2v) is 8.05. The Labute approximate surface area is 174 Å². The lowest BCUT2D eigenvalue weighted by atomic mass is 9.96. The SMILES string of the molecule is COc1ccc(CCN(Cc2cccc(OC)c2O)CC2CCN(C)CC2)cc1. The first-order valence-electron chi connectivity index (χ1n) is 10.5. The van der Waals surface area contributed by atoms with Crippen molar-refractivity contribution in [1.82, 2.24) is 9.80 Å². The summed E-state index contributed by atoms with van der Waals surface area (Å²) in [4.78, 5) is 4.89. The highest BCUT2D eigenvalue weighted by molar-refractivity contribution is 5.45. The van der Waals surface area contributed by atoms with E-state index in [0.717, 1.165) is 37.4 Å². The van der Waals surface area contributed by atoms with Gasteiger partial charge >= 0.3 is 0 Å².